The summed E-state index contributed by atoms with van der Waals surface area (Å²) in [7, 11) is 0. The number of hydrogen-bond donors (Lipinski definition) is 1. The standard InChI is InChI=1S/C26H38N6O5/c1-14(2)23-16(4)15(3)21(30-32-28)26(36-23)37-25-20(29-31-27)13-19(24(22(25)34)35-17(5)33)12-11-18-9-7-6-8-10-18/h6-10,14-16,19-26,34H,11-13H2,1-5H3/t15-,16-,19+,20?,21?,22+,23?,24?,25+,26+/m0/s1. The van der Waals surface area contributed by atoms with Crippen molar-refractivity contribution in [2.45, 2.75) is 96.7 Å². The number of benzene rings is 1. The minimum Gasteiger partial charge on any atom is -0.459 e. The van der Waals surface area contributed by atoms with Gasteiger partial charge in [0.25, 0.3) is 0 Å². The molecule has 1 saturated heterocycles. The van der Waals surface area contributed by atoms with E-state index in [0.29, 0.717) is 19.3 Å². The van der Waals surface area contributed by atoms with Gasteiger partial charge < -0.3 is 19.3 Å². The van der Waals surface area contributed by atoms with Gasteiger partial charge in [-0.3, -0.25) is 4.79 Å². The van der Waals surface area contributed by atoms with Gasteiger partial charge in [-0.25, -0.2) is 0 Å². The van der Waals surface area contributed by atoms with Crippen LogP contribution < -0.4 is 0 Å². The third kappa shape index (κ3) is 6.94. The van der Waals surface area contributed by atoms with E-state index < -0.39 is 42.7 Å². The Bertz CT molecular complexity index is 996. The minimum absolute atomic E-state index is 0.0522. The quantitative estimate of drug-likeness (QED) is 0.203. The van der Waals surface area contributed by atoms with Gasteiger partial charge in [-0.15, -0.1) is 0 Å². The summed E-state index contributed by atoms with van der Waals surface area (Å²) in [4.78, 5) is 18.0. The summed E-state index contributed by atoms with van der Waals surface area (Å²) in [6.07, 6.45) is -2.56. The second-order valence-electron chi connectivity index (χ2n) is 10.6. The highest BCUT2D eigenvalue weighted by molar-refractivity contribution is 5.66. The Hall–Kier alpha value is -2.81. The van der Waals surface area contributed by atoms with Crippen LogP contribution in [0.5, 0.6) is 0 Å². The normalized spacial score (nSPS) is 35.8. The molecule has 1 aromatic rings. The molecule has 202 valence electrons. The highest BCUT2D eigenvalue weighted by Gasteiger charge is 2.50. The van der Waals surface area contributed by atoms with Crippen LogP contribution >= 0.6 is 0 Å². The Morgan fingerprint density at radius 2 is 1.81 bits per heavy atom. The van der Waals surface area contributed by atoms with Crippen LogP contribution in [0.15, 0.2) is 40.6 Å². The van der Waals surface area contributed by atoms with Crippen LogP contribution in [0.25, 0.3) is 20.9 Å². The van der Waals surface area contributed by atoms with Crippen LogP contribution in [0.2, 0.25) is 0 Å². The predicted molar refractivity (Wildman–Crippen MR) is 137 cm³/mol. The van der Waals surface area contributed by atoms with Crippen molar-refractivity contribution in [2.75, 3.05) is 0 Å². The molecule has 1 aliphatic heterocycles. The molecule has 11 nitrogen and oxygen atoms in total. The van der Waals surface area contributed by atoms with Crippen LogP contribution in [0.3, 0.4) is 0 Å². The average Bonchev–Trinajstić information content (AvgIpc) is 2.86. The fourth-order valence-corrected chi connectivity index (χ4v) is 5.73. The number of hydrogen-bond acceptors (Lipinski definition) is 7. The Morgan fingerprint density at radius 3 is 2.41 bits per heavy atom. The van der Waals surface area contributed by atoms with Crippen molar-refractivity contribution in [3.8, 4) is 0 Å². The molecule has 1 N–H and O–H groups in total. The SMILES string of the molecule is CC(=O)OC1[C@H](CCc2ccccc2)CC(N=[N+]=[N-])[C@@H](O[C@H]2OC(C(C)C)[C@@H](C)[C@H](C)C2N=[N+]=[N-])[C@@H]1O. The van der Waals surface area contributed by atoms with Crippen molar-refractivity contribution >= 4 is 5.97 Å². The Balaban J connectivity index is 1.88. The molecule has 11 heteroatoms. The van der Waals surface area contributed by atoms with E-state index >= 15 is 0 Å². The molecule has 0 bridgehead atoms. The first kappa shape index (κ1) is 28.8. The number of rotatable bonds is 9. The number of ether oxygens (including phenoxy) is 3. The summed E-state index contributed by atoms with van der Waals surface area (Å²) in [5, 5.41) is 19.3. The summed E-state index contributed by atoms with van der Waals surface area (Å²) in [6, 6.07) is 8.51. The van der Waals surface area contributed by atoms with Gasteiger partial charge in [0, 0.05) is 16.7 Å². The molecular weight excluding hydrogens is 476 g/mol. The molecule has 0 spiro atoms. The molecular formula is C26H38N6O5. The Labute approximate surface area is 217 Å². The maximum atomic E-state index is 12.0. The maximum Gasteiger partial charge on any atom is 0.303 e. The third-order valence-electron chi connectivity index (χ3n) is 7.80. The Morgan fingerprint density at radius 1 is 1.14 bits per heavy atom. The van der Waals surface area contributed by atoms with E-state index in [9.17, 15) is 21.0 Å². The van der Waals surface area contributed by atoms with Crippen molar-refractivity contribution in [1.29, 1.82) is 0 Å². The smallest absolute Gasteiger partial charge is 0.303 e. The monoisotopic (exact) mass is 514 g/mol. The molecule has 10 atom stereocenters. The summed E-state index contributed by atoms with van der Waals surface area (Å²) in [5.41, 5.74) is 19.6. The van der Waals surface area contributed by atoms with Crippen molar-refractivity contribution in [3.63, 3.8) is 0 Å². The topological polar surface area (TPSA) is 163 Å². The zero-order chi connectivity index (χ0) is 27.1. The summed E-state index contributed by atoms with van der Waals surface area (Å²) in [6.45, 7) is 9.43. The van der Waals surface area contributed by atoms with Gasteiger partial charge in [0.1, 0.15) is 12.2 Å². The van der Waals surface area contributed by atoms with Crippen LogP contribution in [0.1, 0.15) is 53.0 Å². The van der Waals surface area contributed by atoms with Gasteiger partial charge in [0.05, 0.1) is 24.3 Å². The summed E-state index contributed by atoms with van der Waals surface area (Å²) in [5.74, 6) is -0.537. The van der Waals surface area contributed by atoms with Crippen LogP contribution in [-0.4, -0.2) is 53.9 Å². The molecule has 37 heavy (non-hydrogen) atoms. The van der Waals surface area contributed by atoms with Gasteiger partial charge in [0.15, 0.2) is 6.29 Å². The van der Waals surface area contributed by atoms with Gasteiger partial charge in [-0.1, -0.05) is 68.3 Å². The molecule has 2 aliphatic rings. The fourth-order valence-electron chi connectivity index (χ4n) is 5.73. The number of nitrogens with zero attached hydrogens (tertiary/aromatic N) is 6. The van der Waals surface area contributed by atoms with Crippen LogP contribution in [0, 0.1) is 23.7 Å². The third-order valence-corrected chi connectivity index (χ3v) is 7.80. The Kier molecular flexibility index (Phi) is 10.2. The minimum atomic E-state index is -1.27. The maximum absolute atomic E-state index is 12.0. The van der Waals surface area contributed by atoms with Crippen molar-refractivity contribution in [2.24, 2.45) is 33.9 Å². The molecule has 3 rings (SSSR count). The molecule has 0 radical (unpaired) electrons. The first-order valence-corrected chi connectivity index (χ1v) is 13.0. The average molecular weight is 515 g/mol. The number of aliphatic hydroxyl groups excluding tert-OH is 1. The second-order valence-corrected chi connectivity index (χ2v) is 10.6. The summed E-state index contributed by atoms with van der Waals surface area (Å²) >= 11 is 0. The molecule has 1 saturated carbocycles. The lowest BCUT2D eigenvalue weighted by Gasteiger charge is -2.48. The van der Waals surface area contributed by atoms with Gasteiger partial charge in [-0.05, 0) is 59.6 Å². The lowest BCUT2D eigenvalue weighted by atomic mass is 9.76. The number of aryl methyl sites for hydroxylation is 1. The number of carbonyl (C=O) groups excluding carboxylic acids is 1. The van der Waals surface area contributed by atoms with Crippen molar-refractivity contribution in [1.82, 2.24) is 0 Å². The van der Waals surface area contributed by atoms with Crippen LogP contribution in [0.4, 0.5) is 0 Å². The number of carbonyl (C=O) groups is 1. The molecule has 1 aliphatic carbocycles. The van der Waals surface area contributed by atoms with Crippen molar-refractivity contribution < 1.29 is 24.1 Å². The second kappa shape index (κ2) is 13.1. The van der Waals surface area contributed by atoms with E-state index in [-0.39, 0.29) is 29.8 Å². The van der Waals surface area contributed by atoms with E-state index in [1.807, 2.05) is 51.1 Å². The molecule has 1 heterocycles. The molecule has 2 fully saturated rings. The number of azide groups is 2. The van der Waals surface area contributed by atoms with Gasteiger partial charge in [-0.2, -0.15) is 0 Å². The molecule has 0 amide bonds. The molecule has 1 aromatic carbocycles. The molecule has 0 aromatic heterocycles. The zero-order valence-electron chi connectivity index (χ0n) is 22.1. The fraction of sp³-hybridized carbons (Fsp3) is 0.731. The van der Waals surface area contributed by atoms with E-state index in [4.69, 9.17) is 14.2 Å². The van der Waals surface area contributed by atoms with Crippen molar-refractivity contribution in [3.05, 3.63) is 56.8 Å². The summed E-state index contributed by atoms with van der Waals surface area (Å²) < 4.78 is 18.2. The molecule has 4 unspecified atom stereocenters. The van der Waals surface area contributed by atoms with E-state index in [1.165, 1.54) is 6.92 Å². The zero-order valence-corrected chi connectivity index (χ0v) is 22.1. The highest BCUT2D eigenvalue weighted by Crippen LogP contribution is 2.40. The number of esters is 1. The first-order valence-electron chi connectivity index (χ1n) is 13.0. The van der Waals surface area contributed by atoms with Gasteiger partial charge in [0.2, 0.25) is 0 Å². The predicted octanol–water partition coefficient (Wildman–Crippen LogP) is 5.33. The lowest BCUT2D eigenvalue weighted by molar-refractivity contribution is -0.280. The first-order chi connectivity index (χ1) is 17.7. The van der Waals surface area contributed by atoms with Crippen LogP contribution in [-0.2, 0) is 25.4 Å². The lowest BCUT2D eigenvalue weighted by Crippen LogP contribution is -2.59. The van der Waals surface area contributed by atoms with E-state index in [0.717, 1.165) is 5.56 Å². The largest absolute Gasteiger partial charge is 0.459 e. The van der Waals surface area contributed by atoms with Gasteiger partial charge >= 0.3 is 5.97 Å². The number of aliphatic hydroxyl groups is 1. The highest BCUT2D eigenvalue weighted by atomic mass is 16.7. The van der Waals surface area contributed by atoms with E-state index in [1.54, 1.807) is 0 Å². The van der Waals surface area contributed by atoms with E-state index in [2.05, 4.69) is 27.0 Å².